The monoisotopic (exact) mass is 577 g/mol. The second-order valence-electron chi connectivity index (χ2n) is 10.8. The van der Waals surface area contributed by atoms with Crippen LogP contribution in [-0.2, 0) is 0 Å². The Kier molecular flexibility index (Phi) is 8.01. The summed E-state index contributed by atoms with van der Waals surface area (Å²) in [4.78, 5) is 30.0. The zero-order chi connectivity index (χ0) is 29.0. The molecule has 1 aromatic heterocycles. The van der Waals surface area contributed by atoms with Gasteiger partial charge in [0.05, 0.1) is 17.5 Å². The second-order valence-corrected chi connectivity index (χ2v) is 15.9. The fourth-order valence-corrected chi connectivity index (χ4v) is 10.1. The van der Waals surface area contributed by atoms with Crippen LogP contribution in [0.25, 0.3) is 11.1 Å². The number of methoxy groups -OCH3 is 1. The van der Waals surface area contributed by atoms with Crippen LogP contribution >= 0.6 is 11.3 Å². The molecule has 0 spiro atoms. The first kappa shape index (κ1) is 28.2. The van der Waals surface area contributed by atoms with E-state index in [1.165, 1.54) is 6.20 Å². The van der Waals surface area contributed by atoms with Gasteiger partial charge in [0.25, 0.3) is 0 Å². The lowest BCUT2D eigenvalue weighted by atomic mass is 9.99. The summed E-state index contributed by atoms with van der Waals surface area (Å²) in [5.74, 6) is 0.174. The Hall–Kier alpha value is -4.33. The van der Waals surface area contributed by atoms with Crippen molar-refractivity contribution in [3.05, 3.63) is 125 Å². The molecule has 0 unspecified atom stereocenters. The molecular formula is C34H31NO4SSi. The molecule has 0 atom stereocenters. The lowest BCUT2D eigenvalue weighted by Gasteiger charge is -2.43. The Morgan fingerprint density at radius 1 is 0.732 bits per heavy atom. The number of benzene rings is 4. The summed E-state index contributed by atoms with van der Waals surface area (Å²) >= 11 is 1.15. The number of ether oxygens (including phenoxy) is 1. The zero-order valence-corrected chi connectivity index (χ0v) is 25.3. The highest BCUT2D eigenvalue weighted by Gasteiger charge is 2.52. The maximum absolute atomic E-state index is 13.0. The summed E-state index contributed by atoms with van der Waals surface area (Å²) in [5, 5.41) is 2.11. The van der Waals surface area contributed by atoms with Gasteiger partial charge in [0.2, 0.25) is 11.6 Å². The molecular weight excluding hydrogens is 547 g/mol. The number of hydrogen-bond donors (Lipinski definition) is 0. The van der Waals surface area contributed by atoms with E-state index >= 15 is 0 Å². The van der Waals surface area contributed by atoms with E-state index in [4.69, 9.17) is 9.16 Å². The van der Waals surface area contributed by atoms with Crippen molar-refractivity contribution in [1.29, 1.82) is 0 Å². The van der Waals surface area contributed by atoms with Crippen LogP contribution in [0, 0.1) is 0 Å². The average molecular weight is 578 g/mol. The molecule has 7 heteroatoms. The number of ketones is 2. The Bertz CT molecular complexity index is 1620. The molecule has 0 aliphatic rings. The maximum atomic E-state index is 13.0. The minimum absolute atomic E-state index is 0.220. The van der Waals surface area contributed by atoms with Gasteiger partial charge in [0, 0.05) is 17.8 Å². The molecule has 0 N–H and O–H groups in total. The summed E-state index contributed by atoms with van der Waals surface area (Å²) in [6, 6.07) is 33.8. The molecule has 0 aliphatic heterocycles. The third-order valence-corrected chi connectivity index (χ3v) is 12.8. The molecule has 0 amide bonds. The van der Waals surface area contributed by atoms with Gasteiger partial charge < -0.3 is 9.16 Å². The number of aromatic nitrogens is 1. The van der Waals surface area contributed by atoms with Gasteiger partial charge in [-0.2, -0.15) is 0 Å². The lowest BCUT2D eigenvalue weighted by molar-refractivity contribution is 0.0819. The van der Waals surface area contributed by atoms with Crippen molar-refractivity contribution in [2.45, 2.75) is 25.8 Å². The van der Waals surface area contributed by atoms with E-state index in [-0.39, 0.29) is 5.04 Å². The zero-order valence-electron chi connectivity index (χ0n) is 23.5. The van der Waals surface area contributed by atoms with Gasteiger partial charge >= 0.3 is 8.32 Å². The molecule has 5 rings (SSSR count). The number of nitrogens with zero attached hydrogens (tertiary/aromatic N) is 1. The number of Topliss-reactive ketones (excluding diaryl/α,β-unsaturated/α-hetero) is 2. The van der Waals surface area contributed by atoms with E-state index in [1.807, 2.05) is 36.4 Å². The van der Waals surface area contributed by atoms with Crippen LogP contribution in [0.2, 0.25) is 5.04 Å². The van der Waals surface area contributed by atoms with Crippen molar-refractivity contribution < 1.29 is 18.8 Å². The topological polar surface area (TPSA) is 65.5 Å². The van der Waals surface area contributed by atoms with Gasteiger partial charge in [-0.3, -0.25) is 14.6 Å². The van der Waals surface area contributed by atoms with Crippen molar-refractivity contribution >= 4 is 41.6 Å². The highest BCUT2D eigenvalue weighted by atomic mass is 32.1. The van der Waals surface area contributed by atoms with Crippen molar-refractivity contribution in [3.8, 4) is 22.6 Å². The van der Waals surface area contributed by atoms with Crippen LogP contribution in [0.15, 0.2) is 115 Å². The lowest BCUT2D eigenvalue weighted by Crippen LogP contribution is -2.68. The van der Waals surface area contributed by atoms with Crippen molar-refractivity contribution in [2.75, 3.05) is 7.11 Å². The van der Waals surface area contributed by atoms with E-state index in [1.54, 1.807) is 30.8 Å². The van der Waals surface area contributed by atoms with Gasteiger partial charge in [0.1, 0.15) is 11.5 Å². The minimum Gasteiger partial charge on any atom is -0.534 e. The van der Waals surface area contributed by atoms with Crippen molar-refractivity contribution in [2.24, 2.45) is 0 Å². The number of thiazole rings is 1. The van der Waals surface area contributed by atoms with Crippen molar-refractivity contribution in [3.63, 3.8) is 0 Å². The average Bonchev–Trinajstić information content (AvgIpc) is 3.54. The third-order valence-electron chi connectivity index (χ3n) is 7.12. The van der Waals surface area contributed by atoms with Gasteiger partial charge in [-0.15, -0.1) is 11.3 Å². The van der Waals surface area contributed by atoms with E-state index in [2.05, 4.69) is 74.3 Å². The first-order valence-corrected chi connectivity index (χ1v) is 16.1. The largest absolute Gasteiger partial charge is 0.534 e. The van der Waals surface area contributed by atoms with E-state index in [9.17, 15) is 9.59 Å². The summed E-state index contributed by atoms with van der Waals surface area (Å²) in [7, 11) is -1.26. The Morgan fingerprint density at radius 2 is 1.37 bits per heavy atom. The van der Waals surface area contributed by atoms with Crippen LogP contribution in [0.5, 0.6) is 11.5 Å². The molecule has 5 aromatic rings. The summed E-state index contributed by atoms with van der Waals surface area (Å²) < 4.78 is 12.9. The maximum Gasteiger partial charge on any atom is 0.319 e. The molecule has 5 nitrogen and oxygen atoms in total. The van der Waals surface area contributed by atoms with Crippen LogP contribution < -0.4 is 19.5 Å². The fourth-order valence-electron chi connectivity index (χ4n) is 5.15. The smallest absolute Gasteiger partial charge is 0.319 e. The van der Waals surface area contributed by atoms with Crippen LogP contribution in [0.3, 0.4) is 0 Å². The quantitative estimate of drug-likeness (QED) is 0.109. The fraction of sp³-hybridized carbons (Fsp3) is 0.147. The Morgan fingerprint density at radius 3 is 1.93 bits per heavy atom. The second kappa shape index (κ2) is 11.6. The van der Waals surface area contributed by atoms with Crippen LogP contribution in [0.1, 0.15) is 40.8 Å². The Labute approximate surface area is 245 Å². The molecule has 41 heavy (non-hydrogen) atoms. The third kappa shape index (κ3) is 5.64. The molecule has 4 aromatic carbocycles. The predicted molar refractivity (Wildman–Crippen MR) is 167 cm³/mol. The Balaban J connectivity index is 1.61. The molecule has 0 fully saturated rings. The first-order chi connectivity index (χ1) is 19.7. The molecule has 0 aliphatic carbocycles. The highest BCUT2D eigenvalue weighted by Crippen LogP contribution is 2.39. The standard InChI is InChI=1S/C34H31NO4SSi/c1-34(2,3)41(29-14-7-5-8-15-29,30-16-9-6-10-17-30)39-28-20-26(19-27(21-28)38-4)24-12-11-13-25(18-24)32(36)33(37)31-22-35-23-40-31/h5-23H,1-4H3. The first-order valence-electron chi connectivity index (χ1n) is 13.3. The van der Waals surface area contributed by atoms with Crippen LogP contribution in [-0.4, -0.2) is 32.0 Å². The van der Waals surface area contributed by atoms with E-state index in [0.717, 1.165) is 32.8 Å². The number of carbonyl (C=O) groups is 2. The molecule has 0 saturated carbocycles. The molecule has 1 heterocycles. The van der Waals surface area contributed by atoms with E-state index in [0.29, 0.717) is 21.9 Å². The van der Waals surface area contributed by atoms with Gasteiger partial charge in [-0.25, -0.2) is 0 Å². The minimum atomic E-state index is -2.88. The van der Waals surface area contributed by atoms with Crippen molar-refractivity contribution in [1.82, 2.24) is 4.98 Å². The summed E-state index contributed by atoms with van der Waals surface area (Å²) in [6.07, 6.45) is 1.42. The predicted octanol–water partition coefficient (Wildman–Crippen LogP) is 6.82. The summed E-state index contributed by atoms with van der Waals surface area (Å²) in [5.41, 5.74) is 3.45. The normalized spacial score (nSPS) is 11.6. The van der Waals surface area contributed by atoms with Gasteiger partial charge in [0.15, 0.2) is 0 Å². The van der Waals surface area contributed by atoms with Gasteiger partial charge in [-0.05, 0) is 44.7 Å². The highest BCUT2D eigenvalue weighted by molar-refractivity contribution is 7.12. The number of rotatable bonds is 9. The van der Waals surface area contributed by atoms with Crippen LogP contribution in [0.4, 0.5) is 0 Å². The molecule has 206 valence electrons. The van der Waals surface area contributed by atoms with E-state index < -0.39 is 19.9 Å². The molecule has 0 saturated heterocycles. The number of carbonyl (C=O) groups excluding carboxylic acids is 2. The molecule has 0 radical (unpaired) electrons. The number of hydrogen-bond acceptors (Lipinski definition) is 6. The SMILES string of the molecule is COc1cc(O[Si](c2ccccc2)(c2ccccc2)C(C)(C)C)cc(-c2cccc(C(=O)C(=O)c3cncs3)c2)c1. The molecule has 0 bridgehead atoms. The summed E-state index contributed by atoms with van der Waals surface area (Å²) in [6.45, 7) is 6.69. The van der Waals surface area contributed by atoms with Gasteiger partial charge in [-0.1, -0.05) is 99.6 Å².